The maximum atomic E-state index is 14.7. The van der Waals surface area contributed by atoms with Crippen LogP contribution in [0.25, 0.3) is 22.0 Å². The van der Waals surface area contributed by atoms with Crippen LogP contribution in [0.5, 0.6) is 5.75 Å². The first-order chi connectivity index (χ1) is 12.6. The van der Waals surface area contributed by atoms with Gasteiger partial charge in [-0.25, -0.2) is 4.39 Å². The van der Waals surface area contributed by atoms with Crippen LogP contribution in [0.2, 0.25) is 0 Å². The summed E-state index contributed by atoms with van der Waals surface area (Å²) in [4.78, 5) is 0. The van der Waals surface area contributed by atoms with E-state index < -0.39 is 0 Å². The Hall–Kier alpha value is -2.73. The molecule has 26 heavy (non-hydrogen) atoms. The molecule has 1 saturated heterocycles. The quantitative estimate of drug-likeness (QED) is 0.672. The van der Waals surface area contributed by atoms with Crippen molar-refractivity contribution in [3.63, 3.8) is 0 Å². The molecule has 134 valence electrons. The molecule has 0 unspecified atom stereocenters. The summed E-state index contributed by atoms with van der Waals surface area (Å²) in [5, 5.41) is 26.7. The van der Waals surface area contributed by atoms with Gasteiger partial charge in [0, 0.05) is 28.9 Å². The monoisotopic (exact) mass is 352 g/mol. The van der Waals surface area contributed by atoms with Gasteiger partial charge in [0.25, 0.3) is 0 Å². The number of aromatic hydroxyl groups is 1. The lowest BCUT2D eigenvalue weighted by Crippen LogP contribution is -2.38. The van der Waals surface area contributed by atoms with Gasteiger partial charge in [-0.05, 0) is 50.1 Å². The topological polar surface area (TPSA) is 70.1 Å². The average Bonchev–Trinajstić information content (AvgIpc) is 2.64. The molecule has 2 aromatic carbocycles. The second kappa shape index (κ2) is 6.88. The van der Waals surface area contributed by atoms with Crippen molar-refractivity contribution in [2.24, 2.45) is 0 Å². The summed E-state index contributed by atoms with van der Waals surface area (Å²) < 4.78 is 14.7. The van der Waals surface area contributed by atoms with E-state index in [-0.39, 0.29) is 17.6 Å². The lowest BCUT2D eigenvalue weighted by atomic mass is 10.0. The van der Waals surface area contributed by atoms with Gasteiger partial charge in [0.1, 0.15) is 17.3 Å². The Kier molecular flexibility index (Phi) is 4.42. The number of aryl methyl sites for hydroxylation is 1. The zero-order valence-electron chi connectivity index (χ0n) is 14.6. The highest BCUT2D eigenvalue weighted by atomic mass is 19.1. The molecular formula is C20H21FN4O. The molecule has 1 aliphatic heterocycles. The molecule has 0 radical (unpaired) electrons. The number of aromatic nitrogens is 2. The molecular weight excluding hydrogens is 331 g/mol. The number of anilines is 1. The fraction of sp³-hybridized carbons (Fsp3) is 0.300. The van der Waals surface area contributed by atoms with E-state index in [1.165, 1.54) is 6.07 Å². The molecule has 0 bridgehead atoms. The molecule has 1 aromatic heterocycles. The number of fused-ring (bicyclic) bond motifs is 1. The first-order valence-corrected chi connectivity index (χ1v) is 8.85. The Balaban J connectivity index is 1.84. The lowest BCUT2D eigenvalue weighted by molar-refractivity contribution is 0.476. The van der Waals surface area contributed by atoms with Gasteiger partial charge in [-0.15, -0.1) is 10.2 Å². The van der Waals surface area contributed by atoms with Gasteiger partial charge in [-0.3, -0.25) is 0 Å². The molecule has 0 spiro atoms. The highest BCUT2D eigenvalue weighted by Gasteiger charge is 2.19. The minimum Gasteiger partial charge on any atom is -0.507 e. The van der Waals surface area contributed by atoms with Gasteiger partial charge in [-0.2, -0.15) is 0 Å². The second-order valence-corrected chi connectivity index (χ2v) is 6.77. The van der Waals surface area contributed by atoms with E-state index in [4.69, 9.17) is 0 Å². The number of phenolic OH excluding ortho intramolecular Hbond substituents is 1. The number of hydrogen-bond donors (Lipinski definition) is 3. The van der Waals surface area contributed by atoms with Crippen LogP contribution in [0.3, 0.4) is 0 Å². The van der Waals surface area contributed by atoms with E-state index in [2.05, 4.69) is 20.8 Å². The predicted octanol–water partition coefficient (Wildman–Crippen LogP) is 3.61. The van der Waals surface area contributed by atoms with Crippen LogP contribution in [0.4, 0.5) is 10.2 Å². The largest absolute Gasteiger partial charge is 0.507 e. The molecule has 3 N–H and O–H groups in total. The first-order valence-electron chi connectivity index (χ1n) is 8.85. The molecule has 0 aliphatic carbocycles. The van der Waals surface area contributed by atoms with Crippen molar-refractivity contribution in [2.45, 2.75) is 25.8 Å². The van der Waals surface area contributed by atoms with Crippen molar-refractivity contribution >= 4 is 16.6 Å². The molecule has 1 atom stereocenters. The van der Waals surface area contributed by atoms with Crippen LogP contribution < -0.4 is 10.6 Å². The number of benzene rings is 2. The van der Waals surface area contributed by atoms with Gasteiger partial charge in [0.2, 0.25) is 0 Å². The summed E-state index contributed by atoms with van der Waals surface area (Å²) in [7, 11) is 0. The van der Waals surface area contributed by atoms with Gasteiger partial charge in [-0.1, -0.05) is 18.2 Å². The normalized spacial score (nSPS) is 17.4. The standard InChI is InChI=1S/C20H21FN4O/c1-12-7-8-14(17(26)10-12)19-18-15(5-2-6-16(18)21)20(25-24-19)23-13-4-3-9-22-11-13/h2,5-8,10,13,22,26H,3-4,9,11H2,1H3,(H,23,25)/t13-/m1/s1. The summed E-state index contributed by atoms with van der Waals surface area (Å²) in [6.07, 6.45) is 2.12. The fourth-order valence-corrected chi connectivity index (χ4v) is 3.47. The zero-order valence-corrected chi connectivity index (χ0v) is 14.6. The van der Waals surface area contributed by atoms with E-state index >= 15 is 0 Å². The molecule has 0 saturated carbocycles. The van der Waals surface area contributed by atoms with Crippen molar-refractivity contribution in [1.29, 1.82) is 0 Å². The average molecular weight is 352 g/mol. The summed E-state index contributed by atoms with van der Waals surface area (Å²) >= 11 is 0. The Morgan fingerprint density at radius 1 is 1.23 bits per heavy atom. The van der Waals surface area contributed by atoms with E-state index in [9.17, 15) is 9.50 Å². The highest BCUT2D eigenvalue weighted by molar-refractivity contribution is 6.01. The first kappa shape index (κ1) is 16.7. The highest BCUT2D eigenvalue weighted by Crippen LogP contribution is 2.36. The number of hydrogen-bond acceptors (Lipinski definition) is 5. The molecule has 2 heterocycles. The van der Waals surface area contributed by atoms with Gasteiger partial charge >= 0.3 is 0 Å². The minimum absolute atomic E-state index is 0.0704. The molecule has 0 amide bonds. The third-order valence-electron chi connectivity index (χ3n) is 4.80. The summed E-state index contributed by atoms with van der Waals surface area (Å²) in [5.74, 6) is 0.266. The third kappa shape index (κ3) is 3.08. The van der Waals surface area contributed by atoms with Crippen molar-refractivity contribution in [3.8, 4) is 17.0 Å². The van der Waals surface area contributed by atoms with Crippen molar-refractivity contribution in [1.82, 2.24) is 15.5 Å². The number of nitrogens with zero attached hydrogens (tertiary/aromatic N) is 2. The summed E-state index contributed by atoms with van der Waals surface area (Å²) in [6, 6.07) is 10.4. The Bertz CT molecular complexity index is 954. The van der Waals surface area contributed by atoms with Gasteiger partial charge in [0.05, 0.1) is 0 Å². The van der Waals surface area contributed by atoms with Gasteiger partial charge < -0.3 is 15.7 Å². The van der Waals surface area contributed by atoms with Crippen molar-refractivity contribution < 1.29 is 9.50 Å². The van der Waals surface area contributed by atoms with Crippen molar-refractivity contribution in [3.05, 3.63) is 47.8 Å². The Morgan fingerprint density at radius 2 is 2.12 bits per heavy atom. The number of rotatable bonds is 3. The SMILES string of the molecule is Cc1ccc(-c2nnc(N[C@@H]3CCCNC3)c3cccc(F)c23)c(O)c1. The number of nitrogens with one attached hydrogen (secondary N) is 2. The maximum absolute atomic E-state index is 14.7. The van der Waals surface area contributed by atoms with Crippen LogP contribution >= 0.6 is 0 Å². The smallest absolute Gasteiger partial charge is 0.156 e. The molecule has 6 heteroatoms. The van der Waals surface area contributed by atoms with E-state index in [0.717, 1.165) is 31.5 Å². The van der Waals surface area contributed by atoms with Gasteiger partial charge in [0.15, 0.2) is 5.82 Å². The summed E-state index contributed by atoms with van der Waals surface area (Å²) in [5.41, 5.74) is 1.75. The van der Waals surface area contributed by atoms with Crippen molar-refractivity contribution in [2.75, 3.05) is 18.4 Å². The fourth-order valence-electron chi connectivity index (χ4n) is 3.47. The van der Waals surface area contributed by atoms with Crippen LogP contribution in [-0.2, 0) is 0 Å². The van der Waals surface area contributed by atoms with Crippen LogP contribution in [0, 0.1) is 12.7 Å². The number of halogens is 1. The maximum Gasteiger partial charge on any atom is 0.156 e. The Labute approximate surface area is 151 Å². The number of piperidine rings is 1. The van der Waals surface area contributed by atoms with E-state index in [1.807, 2.05) is 19.1 Å². The van der Waals surface area contributed by atoms with Crippen LogP contribution in [-0.4, -0.2) is 34.4 Å². The molecule has 5 nitrogen and oxygen atoms in total. The minimum atomic E-state index is -0.378. The Morgan fingerprint density at radius 3 is 2.88 bits per heavy atom. The second-order valence-electron chi connectivity index (χ2n) is 6.77. The van der Waals surface area contributed by atoms with Crippen LogP contribution in [0.15, 0.2) is 36.4 Å². The molecule has 3 aromatic rings. The summed E-state index contributed by atoms with van der Waals surface area (Å²) in [6.45, 7) is 3.75. The van der Waals surface area contributed by atoms with Crippen LogP contribution in [0.1, 0.15) is 18.4 Å². The molecule has 4 rings (SSSR count). The number of phenols is 1. The molecule has 1 aliphatic rings. The third-order valence-corrected chi connectivity index (χ3v) is 4.80. The molecule has 1 fully saturated rings. The van der Waals surface area contributed by atoms with E-state index in [1.54, 1.807) is 18.2 Å². The predicted molar refractivity (Wildman–Crippen MR) is 101 cm³/mol. The zero-order chi connectivity index (χ0) is 18.1. The lowest BCUT2D eigenvalue weighted by Gasteiger charge is -2.24. The van der Waals surface area contributed by atoms with E-state index in [0.29, 0.717) is 27.8 Å².